The van der Waals surface area contributed by atoms with Gasteiger partial charge in [-0.05, 0) is 24.3 Å². The van der Waals surface area contributed by atoms with E-state index in [1.807, 2.05) is 5.43 Å². The lowest BCUT2D eigenvalue weighted by Crippen LogP contribution is -2.43. The SMILES string of the molecule is O=C(Cn1cnc2ccccc21)NNS(=O)(=O)c1ccc(F)c(F)c1F. The summed E-state index contributed by atoms with van der Waals surface area (Å²) in [6, 6.07) is 7.98. The van der Waals surface area contributed by atoms with Crippen molar-refractivity contribution in [3.05, 3.63) is 60.2 Å². The van der Waals surface area contributed by atoms with Gasteiger partial charge in [0.25, 0.3) is 15.9 Å². The molecule has 0 bridgehead atoms. The summed E-state index contributed by atoms with van der Waals surface area (Å²) in [5, 5.41) is 0. The Morgan fingerprint density at radius 2 is 1.81 bits per heavy atom. The molecule has 0 saturated heterocycles. The van der Waals surface area contributed by atoms with Crippen LogP contribution in [0.25, 0.3) is 11.0 Å². The molecular formula is C15H11F3N4O3S. The zero-order chi connectivity index (χ0) is 18.9. The Labute approximate surface area is 145 Å². The van der Waals surface area contributed by atoms with Gasteiger partial charge in [0.2, 0.25) is 0 Å². The number of hydrazine groups is 1. The van der Waals surface area contributed by atoms with E-state index >= 15 is 0 Å². The van der Waals surface area contributed by atoms with Gasteiger partial charge in [-0.3, -0.25) is 10.2 Å². The average molecular weight is 384 g/mol. The van der Waals surface area contributed by atoms with E-state index in [4.69, 9.17) is 0 Å². The van der Waals surface area contributed by atoms with E-state index in [0.717, 1.165) is 0 Å². The van der Waals surface area contributed by atoms with Crippen molar-refractivity contribution in [3.8, 4) is 0 Å². The summed E-state index contributed by atoms with van der Waals surface area (Å²) in [4.78, 5) is 16.5. The van der Waals surface area contributed by atoms with Gasteiger partial charge in [0.15, 0.2) is 17.5 Å². The number of fused-ring (bicyclic) bond motifs is 1. The van der Waals surface area contributed by atoms with Gasteiger partial charge in [-0.15, -0.1) is 4.83 Å². The summed E-state index contributed by atoms with van der Waals surface area (Å²) in [6.07, 6.45) is 1.40. The standard InChI is InChI=1S/C15H11F3N4O3S/c16-9-5-6-12(15(18)14(9)17)26(24,25)21-20-13(23)7-22-8-19-10-3-1-2-4-11(10)22/h1-6,8,21H,7H2,(H,20,23). The molecule has 2 aromatic carbocycles. The van der Waals surface area contributed by atoms with Gasteiger partial charge in [0.1, 0.15) is 11.4 Å². The highest BCUT2D eigenvalue weighted by atomic mass is 32.2. The number of nitrogens with zero attached hydrogens (tertiary/aromatic N) is 2. The monoisotopic (exact) mass is 384 g/mol. The number of halogens is 3. The third kappa shape index (κ3) is 3.39. The van der Waals surface area contributed by atoms with Crippen LogP contribution in [-0.4, -0.2) is 23.9 Å². The summed E-state index contributed by atoms with van der Waals surface area (Å²) >= 11 is 0. The van der Waals surface area contributed by atoms with Gasteiger partial charge in [-0.25, -0.2) is 26.6 Å². The fraction of sp³-hybridized carbons (Fsp3) is 0.0667. The van der Waals surface area contributed by atoms with Crippen LogP contribution >= 0.6 is 0 Å². The average Bonchev–Trinajstić information content (AvgIpc) is 3.01. The van der Waals surface area contributed by atoms with Crippen molar-refractivity contribution in [2.75, 3.05) is 0 Å². The summed E-state index contributed by atoms with van der Waals surface area (Å²) < 4.78 is 65.1. The highest BCUT2D eigenvalue weighted by Gasteiger charge is 2.24. The molecule has 0 aliphatic carbocycles. The molecule has 0 spiro atoms. The van der Waals surface area contributed by atoms with Crippen LogP contribution < -0.4 is 10.3 Å². The minimum Gasteiger partial charge on any atom is -0.321 e. The van der Waals surface area contributed by atoms with Gasteiger partial charge in [-0.1, -0.05) is 12.1 Å². The molecule has 1 heterocycles. The summed E-state index contributed by atoms with van der Waals surface area (Å²) in [7, 11) is -4.64. The van der Waals surface area contributed by atoms with Gasteiger partial charge < -0.3 is 4.57 Å². The highest BCUT2D eigenvalue weighted by Crippen LogP contribution is 2.19. The number of aromatic nitrogens is 2. The molecule has 136 valence electrons. The molecule has 11 heteroatoms. The zero-order valence-corrected chi connectivity index (χ0v) is 13.7. The van der Waals surface area contributed by atoms with Crippen LogP contribution in [0.5, 0.6) is 0 Å². The molecule has 3 aromatic rings. The van der Waals surface area contributed by atoms with E-state index in [1.165, 1.54) is 10.9 Å². The molecule has 1 amide bonds. The first-order chi connectivity index (χ1) is 12.3. The second kappa shape index (κ2) is 6.77. The lowest BCUT2D eigenvalue weighted by molar-refractivity contribution is -0.122. The minimum absolute atomic E-state index is 0.275. The van der Waals surface area contributed by atoms with E-state index in [0.29, 0.717) is 23.2 Å². The molecule has 0 atom stereocenters. The molecule has 3 rings (SSSR count). The molecule has 2 N–H and O–H groups in total. The molecule has 0 fully saturated rings. The number of hydrogen-bond donors (Lipinski definition) is 2. The quantitative estimate of drug-likeness (QED) is 0.515. The number of carbonyl (C=O) groups excluding carboxylic acids is 1. The van der Waals surface area contributed by atoms with Gasteiger partial charge in [-0.2, -0.15) is 0 Å². The number of rotatable bonds is 5. The van der Waals surface area contributed by atoms with Crippen LogP contribution in [0.15, 0.2) is 47.6 Å². The molecule has 0 aliphatic rings. The predicted molar refractivity (Wildman–Crippen MR) is 84.5 cm³/mol. The Morgan fingerprint density at radius 1 is 1.08 bits per heavy atom. The van der Waals surface area contributed by atoms with E-state index < -0.39 is 38.3 Å². The largest absolute Gasteiger partial charge is 0.321 e. The molecule has 0 radical (unpaired) electrons. The van der Waals surface area contributed by atoms with Crippen molar-refractivity contribution in [3.63, 3.8) is 0 Å². The number of hydrogen-bond acceptors (Lipinski definition) is 4. The second-order valence-electron chi connectivity index (χ2n) is 5.19. The van der Waals surface area contributed by atoms with Crippen molar-refractivity contribution in [2.45, 2.75) is 11.4 Å². The van der Waals surface area contributed by atoms with Crippen LogP contribution in [0.2, 0.25) is 0 Å². The summed E-state index contributed by atoms with van der Waals surface area (Å²) in [5.41, 5.74) is 3.17. The van der Waals surface area contributed by atoms with Gasteiger partial charge in [0, 0.05) is 0 Å². The fourth-order valence-electron chi connectivity index (χ4n) is 2.23. The lowest BCUT2D eigenvalue weighted by Gasteiger charge is -2.10. The first kappa shape index (κ1) is 17.9. The Balaban J connectivity index is 1.72. The predicted octanol–water partition coefficient (Wildman–Crippen LogP) is 1.46. The third-order valence-corrected chi connectivity index (χ3v) is 4.72. The number of para-hydroxylation sites is 2. The van der Waals surface area contributed by atoms with E-state index in [9.17, 15) is 26.4 Å². The zero-order valence-electron chi connectivity index (χ0n) is 12.9. The fourth-order valence-corrected chi connectivity index (χ4v) is 3.16. The first-order valence-electron chi connectivity index (χ1n) is 7.13. The normalized spacial score (nSPS) is 11.7. The van der Waals surface area contributed by atoms with Gasteiger partial charge in [0.05, 0.1) is 17.4 Å². The Bertz CT molecular complexity index is 1100. The van der Waals surface area contributed by atoms with Crippen molar-refractivity contribution in [1.82, 2.24) is 19.8 Å². The van der Waals surface area contributed by atoms with Crippen LogP contribution in [0.1, 0.15) is 0 Å². The number of carbonyl (C=O) groups is 1. The number of benzene rings is 2. The number of amides is 1. The van der Waals surface area contributed by atoms with Crippen molar-refractivity contribution in [1.29, 1.82) is 0 Å². The molecule has 0 unspecified atom stereocenters. The van der Waals surface area contributed by atoms with Crippen molar-refractivity contribution >= 4 is 27.0 Å². The van der Waals surface area contributed by atoms with E-state index in [1.54, 1.807) is 29.1 Å². The molecule has 0 saturated carbocycles. The lowest BCUT2D eigenvalue weighted by atomic mass is 10.3. The number of nitrogens with one attached hydrogen (secondary N) is 2. The minimum atomic E-state index is -4.64. The second-order valence-corrected chi connectivity index (χ2v) is 6.84. The van der Waals surface area contributed by atoms with Crippen LogP contribution in [0.3, 0.4) is 0 Å². The molecule has 1 aromatic heterocycles. The highest BCUT2D eigenvalue weighted by molar-refractivity contribution is 7.89. The molecule has 26 heavy (non-hydrogen) atoms. The maximum atomic E-state index is 13.6. The van der Waals surface area contributed by atoms with Crippen LogP contribution in [-0.2, 0) is 21.4 Å². The number of imidazole rings is 1. The van der Waals surface area contributed by atoms with E-state index in [2.05, 4.69) is 4.98 Å². The summed E-state index contributed by atoms with van der Waals surface area (Å²) in [6.45, 7) is -0.275. The third-order valence-electron chi connectivity index (χ3n) is 3.46. The van der Waals surface area contributed by atoms with Crippen molar-refractivity contribution in [2.24, 2.45) is 0 Å². The molecule has 7 nitrogen and oxygen atoms in total. The van der Waals surface area contributed by atoms with Crippen molar-refractivity contribution < 1.29 is 26.4 Å². The smallest absolute Gasteiger partial charge is 0.260 e. The molecule has 0 aliphatic heterocycles. The van der Waals surface area contributed by atoms with Crippen LogP contribution in [0.4, 0.5) is 13.2 Å². The maximum Gasteiger partial charge on any atom is 0.260 e. The van der Waals surface area contributed by atoms with Gasteiger partial charge >= 0.3 is 0 Å². The number of sulfonamides is 1. The summed E-state index contributed by atoms with van der Waals surface area (Å²) in [5.74, 6) is -6.12. The maximum absolute atomic E-state index is 13.6. The first-order valence-corrected chi connectivity index (χ1v) is 8.62. The Morgan fingerprint density at radius 3 is 2.58 bits per heavy atom. The van der Waals surface area contributed by atoms with Crippen LogP contribution in [0, 0.1) is 17.5 Å². The molecular weight excluding hydrogens is 373 g/mol. The Hall–Kier alpha value is -2.92. The Kier molecular flexibility index (Phi) is 4.66. The van der Waals surface area contributed by atoms with E-state index in [-0.39, 0.29) is 6.54 Å². The topological polar surface area (TPSA) is 93.1 Å².